The Morgan fingerprint density at radius 2 is 1.92 bits per heavy atom. The molecule has 0 aliphatic carbocycles. The second-order valence-corrected chi connectivity index (χ2v) is 6.67. The predicted octanol–water partition coefficient (Wildman–Crippen LogP) is 5.38. The summed E-state index contributed by atoms with van der Waals surface area (Å²) in [6.45, 7) is 3.06. The Balaban J connectivity index is 1.87. The van der Waals surface area contributed by atoms with Gasteiger partial charge in [-0.05, 0) is 36.6 Å². The summed E-state index contributed by atoms with van der Waals surface area (Å²) in [5.41, 5.74) is 5.34. The lowest BCUT2D eigenvalue weighted by Gasteiger charge is -2.07. The molecule has 0 amide bonds. The third-order valence-electron chi connectivity index (χ3n) is 4.45. The van der Waals surface area contributed by atoms with Crippen LogP contribution in [0.2, 0.25) is 10.0 Å². The predicted molar refractivity (Wildman–Crippen MR) is 101 cm³/mol. The minimum Gasteiger partial charge on any atom is -0.369 e. The molecule has 0 fully saturated rings. The van der Waals surface area contributed by atoms with Gasteiger partial charge in [-0.3, -0.25) is 0 Å². The molecule has 0 radical (unpaired) electrons. The molecule has 122 valence electrons. The van der Waals surface area contributed by atoms with Gasteiger partial charge in [0.15, 0.2) is 0 Å². The number of nitrogens with zero attached hydrogens (tertiary/aromatic N) is 2. The second-order valence-electron chi connectivity index (χ2n) is 5.89. The number of hydrogen-bond acceptors (Lipinski definition) is 2. The summed E-state index contributed by atoms with van der Waals surface area (Å²) in [5.74, 6) is 1.05. The number of rotatable bonds is 3. The molecule has 0 bridgehead atoms. The molecule has 2 heterocycles. The van der Waals surface area contributed by atoms with Gasteiger partial charge in [0.1, 0.15) is 5.82 Å². The van der Waals surface area contributed by atoms with E-state index in [-0.39, 0.29) is 0 Å². The zero-order valence-corrected chi connectivity index (χ0v) is 14.8. The molecule has 0 spiro atoms. The van der Waals surface area contributed by atoms with Gasteiger partial charge in [0, 0.05) is 17.7 Å². The van der Waals surface area contributed by atoms with E-state index in [0.717, 1.165) is 42.1 Å². The second kappa shape index (κ2) is 6.15. The Kier molecular flexibility index (Phi) is 3.99. The smallest absolute Gasteiger partial charge is 0.133 e. The highest BCUT2D eigenvalue weighted by Crippen LogP contribution is 2.39. The van der Waals surface area contributed by atoms with Crippen LogP contribution >= 0.6 is 23.2 Å². The van der Waals surface area contributed by atoms with Crippen molar-refractivity contribution in [2.75, 3.05) is 11.9 Å². The van der Waals surface area contributed by atoms with Gasteiger partial charge < -0.3 is 5.32 Å². The summed E-state index contributed by atoms with van der Waals surface area (Å²) in [6, 6.07) is 14.2. The first-order valence-corrected chi connectivity index (χ1v) is 8.84. The molecule has 4 rings (SSSR count). The molecular formula is C19H17Cl2N3. The maximum Gasteiger partial charge on any atom is 0.133 e. The van der Waals surface area contributed by atoms with E-state index in [9.17, 15) is 0 Å². The molecule has 2 aromatic carbocycles. The van der Waals surface area contributed by atoms with Crippen molar-refractivity contribution in [3.8, 4) is 16.9 Å². The van der Waals surface area contributed by atoms with E-state index in [1.807, 2.05) is 16.8 Å². The summed E-state index contributed by atoms with van der Waals surface area (Å²) < 4.78 is 1.97. The molecule has 0 saturated carbocycles. The average Bonchev–Trinajstić information content (AvgIpc) is 3.20. The molecule has 5 heteroatoms. The van der Waals surface area contributed by atoms with E-state index in [1.54, 1.807) is 6.07 Å². The first-order chi connectivity index (χ1) is 11.7. The third-order valence-corrected chi connectivity index (χ3v) is 5.27. The molecule has 3 nitrogen and oxygen atoms in total. The largest absolute Gasteiger partial charge is 0.369 e. The van der Waals surface area contributed by atoms with E-state index >= 15 is 0 Å². The van der Waals surface area contributed by atoms with Gasteiger partial charge >= 0.3 is 0 Å². The maximum atomic E-state index is 6.42. The lowest BCUT2D eigenvalue weighted by molar-refractivity contribution is 0.881. The van der Waals surface area contributed by atoms with Gasteiger partial charge in [-0.1, -0.05) is 54.4 Å². The van der Waals surface area contributed by atoms with Gasteiger partial charge in [0.25, 0.3) is 0 Å². The first-order valence-electron chi connectivity index (χ1n) is 8.08. The van der Waals surface area contributed by atoms with Crippen molar-refractivity contribution in [3.05, 3.63) is 63.6 Å². The van der Waals surface area contributed by atoms with Crippen LogP contribution in [0.5, 0.6) is 0 Å². The Labute approximate surface area is 151 Å². The van der Waals surface area contributed by atoms with Crippen molar-refractivity contribution in [2.24, 2.45) is 0 Å². The Hall–Kier alpha value is -1.97. The normalized spacial score (nSPS) is 13.0. The number of fused-ring (bicyclic) bond motifs is 1. The van der Waals surface area contributed by atoms with Crippen molar-refractivity contribution >= 4 is 29.0 Å². The highest BCUT2D eigenvalue weighted by Gasteiger charge is 2.25. The van der Waals surface area contributed by atoms with Gasteiger partial charge in [-0.25, -0.2) is 4.68 Å². The highest BCUT2D eigenvalue weighted by atomic mass is 35.5. The van der Waals surface area contributed by atoms with Crippen molar-refractivity contribution in [3.63, 3.8) is 0 Å². The molecule has 0 atom stereocenters. The lowest BCUT2D eigenvalue weighted by Crippen LogP contribution is -2.04. The fourth-order valence-electron chi connectivity index (χ4n) is 3.14. The zero-order chi connectivity index (χ0) is 16.7. The summed E-state index contributed by atoms with van der Waals surface area (Å²) in [6.07, 6.45) is 1.96. The topological polar surface area (TPSA) is 29.9 Å². The van der Waals surface area contributed by atoms with Crippen LogP contribution in [0.4, 0.5) is 5.82 Å². The average molecular weight is 358 g/mol. The van der Waals surface area contributed by atoms with Crippen molar-refractivity contribution in [1.29, 1.82) is 0 Å². The molecular weight excluding hydrogens is 341 g/mol. The van der Waals surface area contributed by atoms with Crippen LogP contribution in [0.1, 0.15) is 18.1 Å². The number of aryl methyl sites for hydroxylation is 1. The highest BCUT2D eigenvalue weighted by molar-refractivity contribution is 6.43. The van der Waals surface area contributed by atoms with Crippen molar-refractivity contribution < 1.29 is 0 Å². The minimum atomic E-state index is 0.552. The van der Waals surface area contributed by atoms with E-state index < -0.39 is 0 Å². The van der Waals surface area contributed by atoms with Crippen LogP contribution in [0, 0.1) is 0 Å². The van der Waals surface area contributed by atoms with Crippen LogP contribution in [0.15, 0.2) is 42.5 Å². The maximum absolute atomic E-state index is 6.42. The van der Waals surface area contributed by atoms with Gasteiger partial charge in [-0.15, -0.1) is 0 Å². The number of hydrogen-bond donors (Lipinski definition) is 1. The molecule has 0 unspecified atom stereocenters. The number of benzene rings is 2. The van der Waals surface area contributed by atoms with E-state index in [2.05, 4.69) is 36.5 Å². The molecule has 0 saturated heterocycles. The standard InChI is InChI=1S/C19H17Cl2N3/c1-2-12-6-8-13(9-7-12)24-19-15(10-11-22-19)18(23-24)14-4-3-5-16(20)17(14)21/h3-9,22H,2,10-11H2,1H3. The van der Waals surface area contributed by atoms with Crippen LogP contribution in [-0.2, 0) is 12.8 Å². The summed E-state index contributed by atoms with van der Waals surface area (Å²) in [7, 11) is 0. The van der Waals surface area contributed by atoms with Crippen molar-refractivity contribution in [2.45, 2.75) is 19.8 Å². The molecule has 1 aromatic heterocycles. The number of nitrogens with one attached hydrogen (secondary N) is 1. The first kappa shape index (κ1) is 15.6. The Bertz CT molecular complexity index is 898. The Morgan fingerprint density at radius 3 is 2.67 bits per heavy atom. The molecule has 1 aliphatic heterocycles. The van der Waals surface area contributed by atoms with E-state index in [4.69, 9.17) is 28.3 Å². The summed E-state index contributed by atoms with van der Waals surface area (Å²) in [4.78, 5) is 0. The summed E-state index contributed by atoms with van der Waals surface area (Å²) in [5, 5.41) is 9.39. The number of aromatic nitrogens is 2. The monoisotopic (exact) mass is 357 g/mol. The third kappa shape index (κ3) is 2.48. The van der Waals surface area contributed by atoms with Crippen LogP contribution in [0.3, 0.4) is 0 Å². The van der Waals surface area contributed by atoms with E-state index in [1.165, 1.54) is 11.1 Å². The molecule has 3 aromatic rings. The van der Waals surface area contributed by atoms with Gasteiger partial charge in [0.2, 0.25) is 0 Å². The van der Waals surface area contributed by atoms with Gasteiger partial charge in [0.05, 0.1) is 21.4 Å². The number of anilines is 1. The molecule has 1 N–H and O–H groups in total. The van der Waals surface area contributed by atoms with Crippen LogP contribution in [0.25, 0.3) is 16.9 Å². The quantitative estimate of drug-likeness (QED) is 0.682. The zero-order valence-electron chi connectivity index (χ0n) is 13.3. The Morgan fingerprint density at radius 1 is 1.12 bits per heavy atom. The molecule has 24 heavy (non-hydrogen) atoms. The minimum absolute atomic E-state index is 0.552. The fourth-order valence-corrected chi connectivity index (χ4v) is 3.53. The summed E-state index contributed by atoms with van der Waals surface area (Å²) >= 11 is 12.6. The van der Waals surface area contributed by atoms with E-state index in [0.29, 0.717) is 10.0 Å². The number of halogens is 2. The molecule has 1 aliphatic rings. The van der Waals surface area contributed by atoms with Crippen LogP contribution in [-0.4, -0.2) is 16.3 Å². The van der Waals surface area contributed by atoms with Crippen molar-refractivity contribution in [1.82, 2.24) is 9.78 Å². The lowest BCUT2D eigenvalue weighted by atomic mass is 10.1. The fraction of sp³-hybridized carbons (Fsp3) is 0.211. The van der Waals surface area contributed by atoms with Crippen LogP contribution < -0.4 is 5.32 Å². The SMILES string of the molecule is CCc1ccc(-n2nc(-c3cccc(Cl)c3Cl)c3c2NCC3)cc1. The van der Waals surface area contributed by atoms with Gasteiger partial charge in [-0.2, -0.15) is 5.10 Å².